The number of nitrogens with zero attached hydrogens (tertiary/aromatic N) is 2. The van der Waals surface area contributed by atoms with E-state index in [0.717, 1.165) is 15.9 Å². The van der Waals surface area contributed by atoms with Crippen molar-refractivity contribution >= 4 is 22.9 Å². The summed E-state index contributed by atoms with van der Waals surface area (Å²) in [5.41, 5.74) is 1.22. The Morgan fingerprint density at radius 2 is 2.19 bits per heavy atom. The maximum atomic E-state index is 5.81. The first-order valence-corrected chi connectivity index (χ1v) is 6.18. The van der Waals surface area contributed by atoms with Crippen LogP contribution in [-0.2, 0) is 6.54 Å². The summed E-state index contributed by atoms with van der Waals surface area (Å²) < 4.78 is 0.730. The second-order valence-corrected chi connectivity index (χ2v) is 5.19. The molecule has 0 bridgehead atoms. The van der Waals surface area contributed by atoms with Gasteiger partial charge in [-0.2, -0.15) is 0 Å². The van der Waals surface area contributed by atoms with Crippen molar-refractivity contribution in [3.63, 3.8) is 0 Å². The van der Waals surface area contributed by atoms with Crippen LogP contribution in [0.2, 0.25) is 4.34 Å². The summed E-state index contributed by atoms with van der Waals surface area (Å²) >= 11 is 7.32. The summed E-state index contributed by atoms with van der Waals surface area (Å²) in [5.74, 6) is 0. The molecule has 0 aliphatic rings. The number of hydrogen-bond acceptors (Lipinski definition) is 4. The number of thiazole rings is 1. The predicted octanol–water partition coefficient (Wildman–Crippen LogP) is 3.04. The van der Waals surface area contributed by atoms with Crippen LogP contribution in [0.3, 0.4) is 0 Å². The van der Waals surface area contributed by atoms with Gasteiger partial charge in [0.1, 0.15) is 9.34 Å². The average molecular weight is 254 g/mol. The highest BCUT2D eigenvalue weighted by Gasteiger charge is 2.05. The van der Waals surface area contributed by atoms with Crippen LogP contribution >= 0.6 is 22.9 Å². The zero-order valence-electron chi connectivity index (χ0n) is 8.85. The van der Waals surface area contributed by atoms with E-state index < -0.39 is 0 Å². The van der Waals surface area contributed by atoms with Crippen LogP contribution in [-0.4, -0.2) is 9.97 Å². The van der Waals surface area contributed by atoms with Crippen molar-refractivity contribution in [3.8, 4) is 0 Å². The van der Waals surface area contributed by atoms with E-state index in [9.17, 15) is 0 Å². The maximum absolute atomic E-state index is 5.81. The Morgan fingerprint density at radius 3 is 2.81 bits per heavy atom. The number of rotatable bonds is 4. The van der Waals surface area contributed by atoms with Gasteiger partial charge in [0.2, 0.25) is 0 Å². The lowest BCUT2D eigenvalue weighted by molar-refractivity contribution is 0.572. The molecule has 0 amide bonds. The van der Waals surface area contributed by atoms with Crippen LogP contribution in [0.1, 0.15) is 23.5 Å². The molecule has 0 saturated carbocycles. The van der Waals surface area contributed by atoms with Gasteiger partial charge in [-0.3, -0.25) is 4.98 Å². The van der Waals surface area contributed by atoms with Gasteiger partial charge in [0.05, 0.1) is 6.20 Å². The Balaban J connectivity index is 1.91. The lowest BCUT2D eigenvalue weighted by Gasteiger charge is -2.12. The Hall–Kier alpha value is -0.970. The summed E-state index contributed by atoms with van der Waals surface area (Å²) in [5, 5.41) is 4.40. The van der Waals surface area contributed by atoms with Gasteiger partial charge in [0.25, 0.3) is 0 Å². The van der Waals surface area contributed by atoms with Crippen molar-refractivity contribution in [3.05, 3.63) is 45.6 Å². The highest BCUT2D eigenvalue weighted by Crippen LogP contribution is 2.19. The minimum Gasteiger partial charge on any atom is -0.304 e. The van der Waals surface area contributed by atoms with Gasteiger partial charge < -0.3 is 5.32 Å². The van der Waals surface area contributed by atoms with Gasteiger partial charge >= 0.3 is 0 Å². The van der Waals surface area contributed by atoms with Gasteiger partial charge in [0, 0.05) is 25.0 Å². The molecule has 0 unspecified atom stereocenters. The average Bonchev–Trinajstić information content (AvgIpc) is 2.73. The molecule has 0 radical (unpaired) electrons. The minimum absolute atomic E-state index is 0.283. The Bertz CT molecular complexity index is 444. The molecule has 2 heterocycles. The van der Waals surface area contributed by atoms with Crippen molar-refractivity contribution in [1.82, 2.24) is 15.3 Å². The third kappa shape index (κ3) is 3.01. The lowest BCUT2D eigenvalue weighted by Crippen LogP contribution is -2.17. The number of halogens is 1. The van der Waals surface area contributed by atoms with Crippen LogP contribution < -0.4 is 5.32 Å². The molecule has 0 aliphatic heterocycles. The molecular formula is C11H12ClN3S. The molecule has 1 atom stereocenters. The quantitative estimate of drug-likeness (QED) is 0.910. The molecule has 2 aromatic rings. The number of aromatic nitrogens is 2. The van der Waals surface area contributed by atoms with E-state index in [1.807, 2.05) is 12.1 Å². The van der Waals surface area contributed by atoms with Crippen LogP contribution in [0.4, 0.5) is 0 Å². The van der Waals surface area contributed by atoms with Gasteiger partial charge in [-0.05, 0) is 24.6 Å². The van der Waals surface area contributed by atoms with E-state index in [1.54, 1.807) is 18.6 Å². The van der Waals surface area contributed by atoms with Crippen LogP contribution in [0, 0.1) is 0 Å². The van der Waals surface area contributed by atoms with Crippen LogP contribution in [0.25, 0.3) is 0 Å². The van der Waals surface area contributed by atoms with Crippen molar-refractivity contribution < 1.29 is 0 Å². The Morgan fingerprint density at radius 1 is 1.44 bits per heavy atom. The molecule has 2 rings (SSSR count). The second kappa shape index (κ2) is 5.39. The smallest absolute Gasteiger partial charge is 0.113 e. The molecule has 1 N–H and O–H groups in total. The Kier molecular flexibility index (Phi) is 3.88. The third-order valence-corrected chi connectivity index (χ3v) is 3.41. The number of nitrogens with one attached hydrogen (secondary N) is 1. The van der Waals surface area contributed by atoms with Gasteiger partial charge in [-0.15, -0.1) is 11.3 Å². The summed E-state index contributed by atoms with van der Waals surface area (Å²) in [6, 6.07) is 4.30. The summed E-state index contributed by atoms with van der Waals surface area (Å²) in [7, 11) is 0. The molecule has 0 spiro atoms. The Labute approximate surface area is 104 Å². The zero-order chi connectivity index (χ0) is 11.4. The monoisotopic (exact) mass is 253 g/mol. The standard InChI is InChI=1S/C11H12ClN3S/c1-8(9-2-4-13-5-3-9)14-7-11-15-6-10(12)16-11/h2-6,8,14H,7H2,1H3/t8-/m1/s1. The fourth-order valence-corrected chi connectivity index (χ4v) is 2.29. The van der Waals surface area contributed by atoms with Crippen molar-refractivity contribution in [2.75, 3.05) is 0 Å². The molecule has 3 nitrogen and oxygen atoms in total. The lowest BCUT2D eigenvalue weighted by atomic mass is 10.1. The maximum Gasteiger partial charge on any atom is 0.113 e. The van der Waals surface area contributed by atoms with Crippen molar-refractivity contribution in [2.24, 2.45) is 0 Å². The fraction of sp³-hybridized carbons (Fsp3) is 0.273. The number of hydrogen-bond donors (Lipinski definition) is 1. The number of pyridine rings is 1. The first-order valence-electron chi connectivity index (χ1n) is 4.99. The van der Waals surface area contributed by atoms with E-state index in [2.05, 4.69) is 22.2 Å². The second-order valence-electron chi connectivity index (χ2n) is 3.44. The van der Waals surface area contributed by atoms with Gasteiger partial charge in [-0.25, -0.2) is 4.98 Å². The molecule has 5 heteroatoms. The molecule has 84 valence electrons. The summed E-state index contributed by atoms with van der Waals surface area (Å²) in [6.45, 7) is 2.85. The van der Waals surface area contributed by atoms with E-state index in [0.29, 0.717) is 0 Å². The van der Waals surface area contributed by atoms with Crippen molar-refractivity contribution in [2.45, 2.75) is 19.5 Å². The normalized spacial score (nSPS) is 12.6. The highest BCUT2D eigenvalue weighted by molar-refractivity contribution is 7.15. The van der Waals surface area contributed by atoms with Crippen molar-refractivity contribution in [1.29, 1.82) is 0 Å². The van der Waals surface area contributed by atoms with Crippen LogP contribution in [0.15, 0.2) is 30.7 Å². The third-order valence-electron chi connectivity index (χ3n) is 2.29. The topological polar surface area (TPSA) is 37.8 Å². The molecule has 0 aromatic carbocycles. The first-order chi connectivity index (χ1) is 7.75. The van der Waals surface area contributed by atoms with E-state index in [-0.39, 0.29) is 6.04 Å². The predicted molar refractivity (Wildman–Crippen MR) is 66.6 cm³/mol. The first kappa shape index (κ1) is 11.5. The van der Waals surface area contributed by atoms with Gasteiger partial charge in [-0.1, -0.05) is 11.6 Å². The van der Waals surface area contributed by atoms with E-state index in [1.165, 1.54) is 16.9 Å². The van der Waals surface area contributed by atoms with Gasteiger partial charge in [0.15, 0.2) is 0 Å². The molecule has 0 fully saturated rings. The fourth-order valence-electron chi connectivity index (χ4n) is 1.38. The van der Waals surface area contributed by atoms with E-state index >= 15 is 0 Å². The minimum atomic E-state index is 0.283. The molecule has 2 aromatic heterocycles. The summed E-state index contributed by atoms with van der Waals surface area (Å²) in [4.78, 5) is 8.19. The summed E-state index contributed by atoms with van der Waals surface area (Å²) in [6.07, 6.45) is 5.28. The molecular weight excluding hydrogens is 242 g/mol. The SMILES string of the molecule is C[C@@H](NCc1ncc(Cl)s1)c1ccncc1. The zero-order valence-corrected chi connectivity index (χ0v) is 10.4. The molecule has 0 saturated heterocycles. The van der Waals surface area contributed by atoms with Crippen LogP contribution in [0.5, 0.6) is 0 Å². The largest absolute Gasteiger partial charge is 0.304 e. The highest BCUT2D eigenvalue weighted by atomic mass is 35.5. The molecule has 16 heavy (non-hydrogen) atoms. The van der Waals surface area contributed by atoms with E-state index in [4.69, 9.17) is 11.6 Å². The molecule has 0 aliphatic carbocycles.